The van der Waals surface area contributed by atoms with E-state index in [0.29, 0.717) is 33.9 Å². The van der Waals surface area contributed by atoms with Gasteiger partial charge in [0.25, 0.3) is 0 Å². The zero-order valence-corrected chi connectivity index (χ0v) is 19.3. The first-order valence-corrected chi connectivity index (χ1v) is 11.6. The SMILES string of the molecule is COc1ccc(OCc2nnc(SCc3csc(C)n3)n2-c2cccc(C(F)(F)F)c2)cc1. The van der Waals surface area contributed by atoms with Crippen LogP contribution in [-0.4, -0.2) is 26.9 Å². The van der Waals surface area contributed by atoms with Crippen LogP contribution >= 0.6 is 23.1 Å². The van der Waals surface area contributed by atoms with Crippen LogP contribution in [0.2, 0.25) is 0 Å². The molecule has 0 aliphatic heterocycles. The molecule has 0 N–H and O–H groups in total. The number of thioether (sulfide) groups is 1. The number of thiazole rings is 1. The second kappa shape index (κ2) is 9.84. The molecule has 4 rings (SSSR count). The molecule has 0 saturated heterocycles. The number of nitrogens with zero attached hydrogens (tertiary/aromatic N) is 4. The summed E-state index contributed by atoms with van der Waals surface area (Å²) < 4.78 is 52.5. The van der Waals surface area contributed by atoms with Crippen LogP contribution in [0.4, 0.5) is 13.2 Å². The standard InChI is InChI=1S/C22H19F3N4O2S2/c1-14-26-16(12-32-14)13-33-21-28-27-20(11-31-19-8-6-18(30-2)7-9-19)29(21)17-5-3-4-15(10-17)22(23,24)25/h3-10,12H,11,13H2,1-2H3. The maximum absolute atomic E-state index is 13.3. The zero-order chi connectivity index (χ0) is 23.4. The fourth-order valence-electron chi connectivity index (χ4n) is 3.00. The van der Waals surface area contributed by atoms with Crippen LogP contribution in [0.15, 0.2) is 59.1 Å². The molecule has 0 bridgehead atoms. The van der Waals surface area contributed by atoms with Crippen LogP contribution < -0.4 is 9.47 Å². The summed E-state index contributed by atoms with van der Waals surface area (Å²) in [6.07, 6.45) is -4.46. The third kappa shape index (κ3) is 5.66. The summed E-state index contributed by atoms with van der Waals surface area (Å²) in [6, 6.07) is 12.1. The summed E-state index contributed by atoms with van der Waals surface area (Å²) in [4.78, 5) is 4.43. The van der Waals surface area contributed by atoms with E-state index in [2.05, 4.69) is 15.2 Å². The Morgan fingerprint density at radius 2 is 1.82 bits per heavy atom. The van der Waals surface area contributed by atoms with Crippen LogP contribution in [-0.2, 0) is 18.5 Å². The Labute approximate surface area is 196 Å². The van der Waals surface area contributed by atoms with Gasteiger partial charge < -0.3 is 9.47 Å². The number of hydrogen-bond donors (Lipinski definition) is 0. The minimum absolute atomic E-state index is 0.0198. The molecule has 0 fully saturated rings. The molecule has 2 heterocycles. The number of methoxy groups -OCH3 is 1. The molecule has 172 valence electrons. The minimum Gasteiger partial charge on any atom is -0.497 e. The highest BCUT2D eigenvalue weighted by atomic mass is 32.2. The first-order valence-electron chi connectivity index (χ1n) is 9.76. The number of ether oxygens (including phenoxy) is 2. The molecule has 0 aliphatic carbocycles. The molecule has 0 aliphatic rings. The van der Waals surface area contributed by atoms with Gasteiger partial charge in [-0.05, 0) is 49.4 Å². The second-order valence-corrected chi connectivity index (χ2v) is 8.90. The van der Waals surface area contributed by atoms with Crippen molar-refractivity contribution in [3.05, 3.63) is 76.0 Å². The van der Waals surface area contributed by atoms with Crippen molar-refractivity contribution in [1.82, 2.24) is 19.7 Å². The molecule has 33 heavy (non-hydrogen) atoms. The van der Waals surface area contributed by atoms with Gasteiger partial charge in [0.05, 0.1) is 29.1 Å². The summed E-state index contributed by atoms with van der Waals surface area (Å²) in [5.41, 5.74) is 0.430. The van der Waals surface area contributed by atoms with Gasteiger partial charge >= 0.3 is 6.18 Å². The van der Waals surface area contributed by atoms with Crippen molar-refractivity contribution >= 4 is 23.1 Å². The van der Waals surface area contributed by atoms with Crippen LogP contribution in [0.25, 0.3) is 5.69 Å². The summed E-state index contributed by atoms with van der Waals surface area (Å²) in [7, 11) is 1.57. The molecule has 11 heteroatoms. The summed E-state index contributed by atoms with van der Waals surface area (Å²) >= 11 is 2.89. The van der Waals surface area contributed by atoms with Gasteiger partial charge in [0, 0.05) is 11.1 Å². The molecule has 6 nitrogen and oxygen atoms in total. The molecular formula is C22H19F3N4O2S2. The summed E-state index contributed by atoms with van der Waals surface area (Å²) in [6.45, 7) is 1.94. The maximum Gasteiger partial charge on any atom is 0.416 e. The predicted molar refractivity (Wildman–Crippen MR) is 120 cm³/mol. The first-order chi connectivity index (χ1) is 15.8. The average molecular weight is 493 g/mol. The van der Waals surface area contributed by atoms with Gasteiger partial charge in [0.1, 0.15) is 18.1 Å². The molecule has 0 amide bonds. The quantitative estimate of drug-likeness (QED) is 0.284. The predicted octanol–water partition coefficient (Wildman–Crippen LogP) is 5.93. The molecule has 0 spiro atoms. The fourth-order valence-corrected chi connectivity index (χ4v) is 4.58. The smallest absolute Gasteiger partial charge is 0.416 e. The lowest BCUT2D eigenvalue weighted by atomic mass is 10.2. The Kier molecular flexibility index (Phi) is 6.89. The zero-order valence-electron chi connectivity index (χ0n) is 17.7. The lowest BCUT2D eigenvalue weighted by molar-refractivity contribution is -0.137. The molecular weight excluding hydrogens is 473 g/mol. The van der Waals surface area contributed by atoms with E-state index in [0.717, 1.165) is 22.8 Å². The van der Waals surface area contributed by atoms with Gasteiger partial charge in [0.2, 0.25) is 0 Å². The van der Waals surface area contributed by atoms with Crippen LogP contribution in [0, 0.1) is 6.92 Å². The molecule has 0 unspecified atom stereocenters. The highest BCUT2D eigenvalue weighted by molar-refractivity contribution is 7.98. The topological polar surface area (TPSA) is 62.1 Å². The highest BCUT2D eigenvalue weighted by Crippen LogP contribution is 2.32. The summed E-state index contributed by atoms with van der Waals surface area (Å²) in [5, 5.41) is 11.8. The van der Waals surface area contributed by atoms with E-state index in [1.54, 1.807) is 42.0 Å². The van der Waals surface area contributed by atoms with E-state index in [-0.39, 0.29) is 6.61 Å². The molecule has 2 aromatic carbocycles. The lowest BCUT2D eigenvalue weighted by Gasteiger charge is -2.13. The Bertz CT molecular complexity index is 1220. The van der Waals surface area contributed by atoms with Crippen molar-refractivity contribution in [1.29, 1.82) is 0 Å². The number of halogens is 3. The van der Waals surface area contributed by atoms with Crippen molar-refractivity contribution in [2.24, 2.45) is 0 Å². The Hall–Kier alpha value is -3.05. The molecule has 0 saturated carbocycles. The monoisotopic (exact) mass is 492 g/mol. The normalized spacial score (nSPS) is 11.5. The number of alkyl halides is 3. The van der Waals surface area contributed by atoms with E-state index >= 15 is 0 Å². The Morgan fingerprint density at radius 1 is 1.06 bits per heavy atom. The van der Waals surface area contributed by atoms with Crippen molar-refractivity contribution in [3.8, 4) is 17.2 Å². The largest absolute Gasteiger partial charge is 0.497 e. The van der Waals surface area contributed by atoms with Gasteiger partial charge in [-0.3, -0.25) is 4.57 Å². The number of benzene rings is 2. The maximum atomic E-state index is 13.3. The van der Waals surface area contributed by atoms with Crippen molar-refractivity contribution < 1.29 is 22.6 Å². The molecule has 0 radical (unpaired) electrons. The van der Waals surface area contributed by atoms with E-state index in [9.17, 15) is 13.2 Å². The molecule has 0 atom stereocenters. The summed E-state index contributed by atoms with van der Waals surface area (Å²) in [5.74, 6) is 2.15. The van der Waals surface area contributed by atoms with E-state index in [1.165, 1.54) is 29.2 Å². The first kappa shape index (κ1) is 23.1. The molecule has 4 aromatic rings. The van der Waals surface area contributed by atoms with Crippen molar-refractivity contribution in [3.63, 3.8) is 0 Å². The number of hydrogen-bond acceptors (Lipinski definition) is 7. The van der Waals surface area contributed by atoms with Gasteiger partial charge in [0.15, 0.2) is 11.0 Å². The lowest BCUT2D eigenvalue weighted by Crippen LogP contribution is -2.09. The van der Waals surface area contributed by atoms with Gasteiger partial charge in [-0.25, -0.2) is 4.98 Å². The van der Waals surface area contributed by atoms with Crippen LogP contribution in [0.5, 0.6) is 11.5 Å². The van der Waals surface area contributed by atoms with E-state index < -0.39 is 11.7 Å². The van der Waals surface area contributed by atoms with E-state index in [1.807, 2.05) is 12.3 Å². The van der Waals surface area contributed by atoms with Crippen LogP contribution in [0.1, 0.15) is 22.1 Å². The van der Waals surface area contributed by atoms with Crippen molar-refractivity contribution in [2.45, 2.75) is 30.6 Å². The number of aryl methyl sites for hydroxylation is 1. The number of rotatable bonds is 8. The van der Waals surface area contributed by atoms with Gasteiger partial charge in [-0.15, -0.1) is 21.5 Å². The highest BCUT2D eigenvalue weighted by Gasteiger charge is 2.31. The average Bonchev–Trinajstić information content (AvgIpc) is 3.41. The second-order valence-electron chi connectivity index (χ2n) is 6.89. The minimum atomic E-state index is -4.46. The Morgan fingerprint density at radius 3 is 2.48 bits per heavy atom. The third-order valence-electron chi connectivity index (χ3n) is 4.58. The van der Waals surface area contributed by atoms with E-state index in [4.69, 9.17) is 9.47 Å². The third-order valence-corrected chi connectivity index (χ3v) is 6.36. The number of aromatic nitrogens is 4. The Balaban J connectivity index is 1.63. The fraction of sp³-hybridized carbons (Fsp3) is 0.227. The van der Waals surface area contributed by atoms with Crippen molar-refractivity contribution in [2.75, 3.05) is 7.11 Å². The van der Waals surface area contributed by atoms with Crippen LogP contribution in [0.3, 0.4) is 0 Å². The molecule has 2 aromatic heterocycles. The van der Waals surface area contributed by atoms with Gasteiger partial charge in [-0.2, -0.15) is 13.2 Å². The van der Waals surface area contributed by atoms with Gasteiger partial charge in [-0.1, -0.05) is 17.8 Å².